The fourth-order valence-corrected chi connectivity index (χ4v) is 2.41. The summed E-state index contributed by atoms with van der Waals surface area (Å²) in [6.07, 6.45) is 0. The van der Waals surface area contributed by atoms with Gasteiger partial charge in [-0.25, -0.2) is 0 Å². The Morgan fingerprint density at radius 1 is 1.00 bits per heavy atom. The Hall–Kier alpha value is -0.790. The van der Waals surface area contributed by atoms with Crippen molar-refractivity contribution in [1.82, 2.24) is 0 Å². The zero-order chi connectivity index (χ0) is 10.8. The van der Waals surface area contributed by atoms with Gasteiger partial charge in [-0.15, -0.1) is 0 Å². The molecule has 0 saturated heterocycles. The van der Waals surface area contributed by atoms with Crippen LogP contribution in [0.5, 0.6) is 0 Å². The van der Waals surface area contributed by atoms with Crippen molar-refractivity contribution in [3.05, 3.63) is 57.5 Å². The molecule has 0 fully saturated rings. The molecule has 0 spiro atoms. The highest BCUT2D eigenvalue weighted by Gasteiger charge is 2.00. The third-order valence-corrected chi connectivity index (χ3v) is 2.89. The maximum absolute atomic E-state index is 6.01. The maximum Gasteiger partial charge on any atom is 0.0423 e. The summed E-state index contributed by atoms with van der Waals surface area (Å²) in [7, 11) is 0. The van der Waals surface area contributed by atoms with E-state index in [-0.39, 0.29) is 0 Å². The van der Waals surface area contributed by atoms with Gasteiger partial charge in [0.05, 0.1) is 0 Å². The van der Waals surface area contributed by atoms with E-state index in [1.54, 1.807) is 0 Å². The van der Waals surface area contributed by atoms with Crippen molar-refractivity contribution in [2.75, 3.05) is 0 Å². The molecule has 0 aromatic heterocycles. The fourth-order valence-electron chi connectivity index (χ4n) is 1.55. The standard InChI is InChI=1S/C13H10BrCl/c1-9-3-2-4-10(5-9)11-6-12(14)8-13(15)7-11/h2-8H,1H3. The molecule has 0 saturated carbocycles. The van der Waals surface area contributed by atoms with Crippen LogP contribution < -0.4 is 0 Å². The van der Waals surface area contributed by atoms with Gasteiger partial charge in [-0.2, -0.15) is 0 Å². The molecule has 2 heteroatoms. The predicted octanol–water partition coefficient (Wildman–Crippen LogP) is 5.08. The molecule has 0 amide bonds. The minimum absolute atomic E-state index is 0.751. The molecule has 2 rings (SSSR count). The molecular weight excluding hydrogens is 272 g/mol. The third kappa shape index (κ3) is 2.61. The van der Waals surface area contributed by atoms with Gasteiger partial charge in [0.1, 0.15) is 0 Å². The van der Waals surface area contributed by atoms with E-state index in [1.807, 2.05) is 12.1 Å². The molecular formula is C13H10BrCl. The first kappa shape index (κ1) is 10.7. The highest BCUT2D eigenvalue weighted by Crippen LogP contribution is 2.27. The molecule has 0 nitrogen and oxygen atoms in total. The maximum atomic E-state index is 6.01. The van der Waals surface area contributed by atoms with Crippen LogP contribution in [0.3, 0.4) is 0 Å². The first-order chi connectivity index (χ1) is 7.15. The van der Waals surface area contributed by atoms with Crippen molar-refractivity contribution in [3.8, 4) is 11.1 Å². The minimum atomic E-state index is 0.751. The molecule has 15 heavy (non-hydrogen) atoms. The molecule has 0 bridgehead atoms. The van der Waals surface area contributed by atoms with Crippen LogP contribution in [0.15, 0.2) is 46.9 Å². The first-order valence-electron chi connectivity index (χ1n) is 4.68. The van der Waals surface area contributed by atoms with Crippen molar-refractivity contribution in [3.63, 3.8) is 0 Å². The van der Waals surface area contributed by atoms with Crippen LogP contribution in [0.1, 0.15) is 5.56 Å². The molecule has 0 N–H and O–H groups in total. The van der Waals surface area contributed by atoms with E-state index in [1.165, 1.54) is 11.1 Å². The van der Waals surface area contributed by atoms with Crippen LogP contribution in [0, 0.1) is 6.92 Å². The molecule has 76 valence electrons. The lowest BCUT2D eigenvalue weighted by Gasteiger charge is -2.04. The zero-order valence-electron chi connectivity index (χ0n) is 8.30. The number of hydrogen-bond donors (Lipinski definition) is 0. The molecule has 0 aliphatic rings. The largest absolute Gasteiger partial charge is 0.0843 e. The van der Waals surface area contributed by atoms with Crippen LogP contribution >= 0.6 is 27.5 Å². The van der Waals surface area contributed by atoms with Crippen LogP contribution in [-0.4, -0.2) is 0 Å². The normalized spacial score (nSPS) is 10.3. The lowest BCUT2D eigenvalue weighted by Crippen LogP contribution is -1.80. The monoisotopic (exact) mass is 280 g/mol. The Kier molecular flexibility index (Phi) is 3.13. The van der Waals surface area contributed by atoms with Gasteiger partial charge in [0.2, 0.25) is 0 Å². The van der Waals surface area contributed by atoms with Gasteiger partial charge in [0, 0.05) is 9.50 Å². The van der Waals surface area contributed by atoms with Crippen LogP contribution in [0.2, 0.25) is 5.02 Å². The second kappa shape index (κ2) is 4.38. The minimum Gasteiger partial charge on any atom is -0.0843 e. The van der Waals surface area contributed by atoms with Gasteiger partial charge >= 0.3 is 0 Å². The zero-order valence-corrected chi connectivity index (χ0v) is 10.6. The Labute approximate surface area is 103 Å². The highest BCUT2D eigenvalue weighted by atomic mass is 79.9. The fraction of sp³-hybridized carbons (Fsp3) is 0.0769. The second-order valence-electron chi connectivity index (χ2n) is 3.53. The van der Waals surface area contributed by atoms with Crippen molar-refractivity contribution in [1.29, 1.82) is 0 Å². The summed E-state index contributed by atoms with van der Waals surface area (Å²) in [5.41, 5.74) is 3.58. The summed E-state index contributed by atoms with van der Waals surface area (Å²) in [6, 6.07) is 14.3. The lowest BCUT2D eigenvalue weighted by molar-refractivity contribution is 1.46. The number of rotatable bonds is 1. The Balaban J connectivity index is 2.54. The SMILES string of the molecule is Cc1cccc(-c2cc(Cl)cc(Br)c2)c1. The summed E-state index contributed by atoms with van der Waals surface area (Å²) in [5, 5.41) is 0.751. The van der Waals surface area contributed by atoms with Crippen LogP contribution in [0.25, 0.3) is 11.1 Å². The van der Waals surface area contributed by atoms with E-state index in [0.717, 1.165) is 15.1 Å². The van der Waals surface area contributed by atoms with Crippen molar-refractivity contribution in [2.45, 2.75) is 6.92 Å². The highest BCUT2D eigenvalue weighted by molar-refractivity contribution is 9.10. The van der Waals surface area contributed by atoms with E-state index in [2.05, 4.69) is 53.2 Å². The Bertz CT molecular complexity index is 471. The summed E-state index contributed by atoms with van der Waals surface area (Å²) in [6.45, 7) is 2.09. The second-order valence-corrected chi connectivity index (χ2v) is 4.88. The lowest BCUT2D eigenvalue weighted by atomic mass is 10.0. The number of benzene rings is 2. The Morgan fingerprint density at radius 3 is 2.47 bits per heavy atom. The molecule has 0 radical (unpaired) electrons. The third-order valence-electron chi connectivity index (χ3n) is 2.21. The van der Waals surface area contributed by atoms with E-state index < -0.39 is 0 Å². The van der Waals surface area contributed by atoms with E-state index in [0.29, 0.717) is 0 Å². The van der Waals surface area contributed by atoms with E-state index in [4.69, 9.17) is 11.6 Å². The van der Waals surface area contributed by atoms with Gasteiger partial charge in [-0.1, -0.05) is 57.4 Å². The van der Waals surface area contributed by atoms with Gasteiger partial charge in [0.15, 0.2) is 0 Å². The van der Waals surface area contributed by atoms with Gasteiger partial charge in [-0.3, -0.25) is 0 Å². The van der Waals surface area contributed by atoms with Crippen molar-refractivity contribution >= 4 is 27.5 Å². The molecule has 2 aromatic carbocycles. The summed E-state index contributed by atoms with van der Waals surface area (Å²) in [5.74, 6) is 0. The Morgan fingerprint density at radius 2 is 1.80 bits per heavy atom. The van der Waals surface area contributed by atoms with Crippen LogP contribution in [0.4, 0.5) is 0 Å². The van der Waals surface area contributed by atoms with Gasteiger partial charge in [0.25, 0.3) is 0 Å². The average molecular weight is 282 g/mol. The summed E-state index contributed by atoms with van der Waals surface area (Å²) < 4.78 is 1.01. The van der Waals surface area contributed by atoms with Crippen molar-refractivity contribution < 1.29 is 0 Å². The van der Waals surface area contributed by atoms with Gasteiger partial charge < -0.3 is 0 Å². The van der Waals surface area contributed by atoms with E-state index in [9.17, 15) is 0 Å². The predicted molar refractivity (Wildman–Crippen MR) is 69.3 cm³/mol. The summed E-state index contributed by atoms with van der Waals surface area (Å²) in [4.78, 5) is 0. The number of halogens is 2. The summed E-state index contributed by atoms with van der Waals surface area (Å²) >= 11 is 9.45. The average Bonchev–Trinajstić information content (AvgIpc) is 2.16. The van der Waals surface area contributed by atoms with Crippen LogP contribution in [-0.2, 0) is 0 Å². The first-order valence-corrected chi connectivity index (χ1v) is 5.85. The molecule has 0 unspecified atom stereocenters. The molecule has 0 aliphatic heterocycles. The molecule has 0 heterocycles. The quantitative estimate of drug-likeness (QED) is 0.684. The molecule has 0 atom stereocenters. The molecule has 0 aliphatic carbocycles. The number of hydrogen-bond acceptors (Lipinski definition) is 0. The van der Waals surface area contributed by atoms with Crippen molar-refractivity contribution in [2.24, 2.45) is 0 Å². The topological polar surface area (TPSA) is 0 Å². The molecule has 2 aromatic rings. The van der Waals surface area contributed by atoms with Gasteiger partial charge in [-0.05, 0) is 36.2 Å². The van der Waals surface area contributed by atoms with E-state index >= 15 is 0 Å². The smallest absolute Gasteiger partial charge is 0.0423 e. The number of aryl methyl sites for hydroxylation is 1.